The average molecular weight is 347 g/mol. The molecule has 2 atom stereocenters. The van der Waals surface area contributed by atoms with E-state index in [-0.39, 0.29) is 18.0 Å². The van der Waals surface area contributed by atoms with E-state index in [0.717, 1.165) is 10.2 Å². The van der Waals surface area contributed by atoms with Crippen molar-refractivity contribution in [3.63, 3.8) is 0 Å². The third kappa shape index (κ3) is 4.69. The number of hydrogen-bond acceptors (Lipinski definition) is 2. The lowest BCUT2D eigenvalue weighted by molar-refractivity contribution is -0.117. The van der Waals surface area contributed by atoms with Gasteiger partial charge < -0.3 is 5.32 Å². The van der Waals surface area contributed by atoms with Crippen molar-refractivity contribution in [2.45, 2.75) is 25.9 Å². The molecular weight excluding hydrogens is 328 g/mol. The van der Waals surface area contributed by atoms with Gasteiger partial charge >= 0.3 is 0 Å². The number of benzene rings is 2. The Morgan fingerprint density at radius 3 is 2.24 bits per heavy atom. The van der Waals surface area contributed by atoms with Crippen molar-refractivity contribution in [1.29, 1.82) is 0 Å². The molecule has 110 valence electrons. The molecule has 0 bridgehead atoms. The van der Waals surface area contributed by atoms with Gasteiger partial charge in [0.05, 0.1) is 6.04 Å². The monoisotopic (exact) mass is 346 g/mol. The first kappa shape index (κ1) is 15.7. The number of carbonyl (C=O) groups excluding carboxylic acids is 1. The molecule has 21 heavy (non-hydrogen) atoms. The van der Waals surface area contributed by atoms with Gasteiger partial charge in [-0.3, -0.25) is 10.1 Å². The number of amides is 1. The normalized spacial score (nSPS) is 13.5. The van der Waals surface area contributed by atoms with E-state index in [2.05, 4.69) is 45.6 Å². The summed E-state index contributed by atoms with van der Waals surface area (Å²) in [6.07, 6.45) is 0. The summed E-state index contributed by atoms with van der Waals surface area (Å²) in [4.78, 5) is 12.2. The van der Waals surface area contributed by atoms with Crippen LogP contribution in [0.25, 0.3) is 0 Å². The maximum Gasteiger partial charge on any atom is 0.241 e. The third-order valence-electron chi connectivity index (χ3n) is 3.30. The first-order valence-electron chi connectivity index (χ1n) is 6.93. The molecule has 2 aromatic carbocycles. The molecule has 0 saturated heterocycles. The molecule has 0 radical (unpaired) electrons. The lowest BCUT2D eigenvalue weighted by Gasteiger charge is -2.20. The van der Waals surface area contributed by atoms with Crippen LogP contribution in [0, 0.1) is 0 Å². The first-order chi connectivity index (χ1) is 10.1. The Bertz CT molecular complexity index is 583. The summed E-state index contributed by atoms with van der Waals surface area (Å²) in [7, 11) is 0. The molecule has 2 N–H and O–H groups in total. The van der Waals surface area contributed by atoms with Gasteiger partial charge in [-0.2, -0.15) is 0 Å². The zero-order valence-electron chi connectivity index (χ0n) is 12.1. The minimum atomic E-state index is -0.274. The summed E-state index contributed by atoms with van der Waals surface area (Å²) in [5.74, 6) is -0.0416. The highest BCUT2D eigenvalue weighted by molar-refractivity contribution is 9.10. The molecular formula is C17H19BrN2O. The molecule has 0 aliphatic rings. The van der Waals surface area contributed by atoms with Crippen molar-refractivity contribution >= 4 is 27.5 Å². The highest BCUT2D eigenvalue weighted by Crippen LogP contribution is 2.15. The van der Waals surface area contributed by atoms with E-state index in [1.165, 1.54) is 5.56 Å². The smallest absolute Gasteiger partial charge is 0.241 e. The molecule has 0 aromatic heterocycles. The Balaban J connectivity index is 1.92. The summed E-state index contributed by atoms with van der Waals surface area (Å²) in [5, 5.41) is 6.21. The van der Waals surface area contributed by atoms with E-state index < -0.39 is 0 Å². The Labute approximate surface area is 133 Å². The van der Waals surface area contributed by atoms with Gasteiger partial charge in [-0.15, -0.1) is 0 Å². The van der Waals surface area contributed by atoms with Crippen LogP contribution in [-0.4, -0.2) is 11.9 Å². The van der Waals surface area contributed by atoms with Crippen LogP contribution in [0.1, 0.15) is 25.5 Å². The SMILES string of the molecule is C[C@@H](N[C@H](C)c1ccccc1)C(=O)Nc1ccc(Br)cc1. The van der Waals surface area contributed by atoms with Gasteiger partial charge in [-0.05, 0) is 43.7 Å². The number of hydrogen-bond donors (Lipinski definition) is 2. The average Bonchev–Trinajstić information content (AvgIpc) is 2.50. The van der Waals surface area contributed by atoms with Gasteiger partial charge in [0, 0.05) is 16.2 Å². The Hall–Kier alpha value is -1.65. The van der Waals surface area contributed by atoms with Crippen LogP contribution in [0.4, 0.5) is 5.69 Å². The van der Waals surface area contributed by atoms with Crippen molar-refractivity contribution in [3.8, 4) is 0 Å². The number of halogens is 1. The molecule has 0 heterocycles. The summed E-state index contributed by atoms with van der Waals surface area (Å²) in [6.45, 7) is 3.92. The molecule has 1 amide bonds. The van der Waals surface area contributed by atoms with Gasteiger partial charge in [0.25, 0.3) is 0 Å². The molecule has 4 heteroatoms. The van der Waals surface area contributed by atoms with E-state index >= 15 is 0 Å². The number of nitrogens with one attached hydrogen (secondary N) is 2. The third-order valence-corrected chi connectivity index (χ3v) is 3.83. The van der Waals surface area contributed by atoms with Gasteiger partial charge in [0.15, 0.2) is 0 Å². The van der Waals surface area contributed by atoms with E-state index in [0.29, 0.717) is 0 Å². The van der Waals surface area contributed by atoms with Gasteiger partial charge in [0.2, 0.25) is 5.91 Å². The van der Waals surface area contributed by atoms with Crippen LogP contribution < -0.4 is 10.6 Å². The molecule has 3 nitrogen and oxygen atoms in total. The largest absolute Gasteiger partial charge is 0.325 e. The fourth-order valence-corrected chi connectivity index (χ4v) is 2.34. The van der Waals surface area contributed by atoms with Crippen LogP contribution in [-0.2, 0) is 4.79 Å². The molecule has 0 aliphatic carbocycles. The van der Waals surface area contributed by atoms with Gasteiger partial charge in [-0.25, -0.2) is 0 Å². The Morgan fingerprint density at radius 1 is 1.00 bits per heavy atom. The Morgan fingerprint density at radius 2 is 1.62 bits per heavy atom. The maximum absolute atomic E-state index is 12.2. The van der Waals surface area contributed by atoms with Crippen molar-refractivity contribution in [3.05, 3.63) is 64.6 Å². The second-order valence-corrected chi connectivity index (χ2v) is 5.93. The second kappa shape index (κ2) is 7.38. The lowest BCUT2D eigenvalue weighted by Crippen LogP contribution is -2.39. The van der Waals surface area contributed by atoms with Crippen LogP contribution in [0.3, 0.4) is 0 Å². The van der Waals surface area contributed by atoms with E-state index in [1.807, 2.05) is 49.4 Å². The number of anilines is 1. The molecule has 0 fully saturated rings. The molecule has 2 aromatic rings. The van der Waals surface area contributed by atoms with Crippen LogP contribution in [0.2, 0.25) is 0 Å². The van der Waals surface area contributed by atoms with Crippen molar-refractivity contribution in [2.75, 3.05) is 5.32 Å². The standard InChI is InChI=1S/C17H19BrN2O/c1-12(14-6-4-3-5-7-14)19-13(2)17(21)20-16-10-8-15(18)9-11-16/h3-13,19H,1-2H3,(H,20,21)/t12-,13-/m1/s1. The summed E-state index contributed by atoms with van der Waals surface area (Å²) in [6, 6.07) is 17.5. The highest BCUT2D eigenvalue weighted by Gasteiger charge is 2.16. The van der Waals surface area contributed by atoms with Gasteiger partial charge in [0.1, 0.15) is 0 Å². The number of carbonyl (C=O) groups is 1. The van der Waals surface area contributed by atoms with Crippen LogP contribution in [0.5, 0.6) is 0 Å². The quantitative estimate of drug-likeness (QED) is 0.854. The number of rotatable bonds is 5. The zero-order chi connectivity index (χ0) is 15.2. The van der Waals surface area contributed by atoms with Gasteiger partial charge in [-0.1, -0.05) is 46.3 Å². The Kier molecular flexibility index (Phi) is 5.53. The van der Waals surface area contributed by atoms with E-state index in [1.54, 1.807) is 0 Å². The van der Waals surface area contributed by atoms with E-state index in [4.69, 9.17) is 0 Å². The zero-order valence-corrected chi connectivity index (χ0v) is 13.7. The molecule has 0 spiro atoms. The molecule has 2 rings (SSSR count). The van der Waals surface area contributed by atoms with Crippen LogP contribution >= 0.6 is 15.9 Å². The fraction of sp³-hybridized carbons (Fsp3) is 0.235. The maximum atomic E-state index is 12.2. The predicted molar refractivity (Wildman–Crippen MR) is 90.2 cm³/mol. The van der Waals surface area contributed by atoms with E-state index in [9.17, 15) is 4.79 Å². The molecule has 0 aliphatic heterocycles. The van der Waals surface area contributed by atoms with Crippen molar-refractivity contribution in [2.24, 2.45) is 0 Å². The molecule has 0 unspecified atom stereocenters. The minimum absolute atomic E-state index is 0.0416. The highest BCUT2D eigenvalue weighted by atomic mass is 79.9. The summed E-state index contributed by atoms with van der Waals surface area (Å²) >= 11 is 3.37. The topological polar surface area (TPSA) is 41.1 Å². The molecule has 0 saturated carbocycles. The van der Waals surface area contributed by atoms with Crippen LogP contribution in [0.15, 0.2) is 59.1 Å². The fourth-order valence-electron chi connectivity index (χ4n) is 2.07. The van der Waals surface area contributed by atoms with Crippen molar-refractivity contribution in [1.82, 2.24) is 5.32 Å². The first-order valence-corrected chi connectivity index (χ1v) is 7.73. The van der Waals surface area contributed by atoms with Crippen molar-refractivity contribution < 1.29 is 4.79 Å². The lowest BCUT2D eigenvalue weighted by atomic mass is 10.1. The second-order valence-electron chi connectivity index (χ2n) is 5.02. The summed E-state index contributed by atoms with van der Waals surface area (Å²) < 4.78 is 0.990. The minimum Gasteiger partial charge on any atom is -0.325 e. The summed E-state index contributed by atoms with van der Waals surface area (Å²) in [5.41, 5.74) is 1.96. The predicted octanol–water partition coefficient (Wildman–Crippen LogP) is 4.13.